The van der Waals surface area contributed by atoms with Gasteiger partial charge in [-0.25, -0.2) is 22.0 Å². The van der Waals surface area contributed by atoms with Crippen LogP contribution in [0.25, 0.3) is 0 Å². The van der Waals surface area contributed by atoms with Gasteiger partial charge < -0.3 is 5.11 Å². The van der Waals surface area contributed by atoms with Crippen molar-refractivity contribution in [3.63, 3.8) is 0 Å². The summed E-state index contributed by atoms with van der Waals surface area (Å²) < 4.78 is 52.1. The average molecular weight is 357 g/mol. The van der Waals surface area contributed by atoms with Crippen LogP contribution in [0.1, 0.15) is 15.9 Å². The van der Waals surface area contributed by atoms with Gasteiger partial charge in [-0.1, -0.05) is 12.1 Å². The second-order valence-corrected chi connectivity index (χ2v) is 7.10. The van der Waals surface area contributed by atoms with E-state index in [1.54, 1.807) is 12.1 Å². The Hall–Kier alpha value is -2.49. The van der Waals surface area contributed by atoms with Crippen LogP contribution in [0.2, 0.25) is 0 Å². The molecule has 1 aromatic carbocycles. The predicted octanol–water partition coefficient (Wildman–Crippen LogP) is 1.60. The molecule has 2 heterocycles. The topological polar surface area (TPSA) is 92.5 Å². The second-order valence-electron chi connectivity index (χ2n) is 5.23. The Labute approximate surface area is 136 Å². The number of sulfonamides is 1. The molecule has 0 saturated heterocycles. The van der Waals surface area contributed by atoms with E-state index in [4.69, 9.17) is 0 Å². The number of hydrogen-bond acceptors (Lipinski definition) is 4. The van der Waals surface area contributed by atoms with E-state index in [1.807, 2.05) is 0 Å². The van der Waals surface area contributed by atoms with Crippen molar-refractivity contribution in [2.45, 2.75) is 24.3 Å². The lowest BCUT2D eigenvalue weighted by Gasteiger charge is -2.20. The van der Waals surface area contributed by atoms with Crippen LogP contribution >= 0.6 is 0 Å². The van der Waals surface area contributed by atoms with E-state index in [9.17, 15) is 27.1 Å². The van der Waals surface area contributed by atoms with Crippen molar-refractivity contribution in [1.29, 1.82) is 0 Å². The highest BCUT2D eigenvalue weighted by molar-refractivity contribution is 7.92. The monoisotopic (exact) mass is 357 g/mol. The van der Waals surface area contributed by atoms with Crippen LogP contribution in [0.15, 0.2) is 35.5 Å². The minimum Gasteiger partial charge on any atom is -0.478 e. The maximum absolute atomic E-state index is 12.8. The molecule has 3 rings (SSSR count). The Balaban J connectivity index is 2.02. The number of halogens is 2. The Morgan fingerprint density at radius 2 is 2.12 bits per heavy atom. The van der Waals surface area contributed by atoms with E-state index in [1.165, 1.54) is 6.07 Å². The van der Waals surface area contributed by atoms with E-state index in [2.05, 4.69) is 5.10 Å². The van der Waals surface area contributed by atoms with Crippen molar-refractivity contribution in [2.75, 3.05) is 10.8 Å². The summed E-state index contributed by atoms with van der Waals surface area (Å²) in [5.41, 5.74) is 0.610. The Bertz CT molecular complexity index is 895. The number of nitrogens with zero attached hydrogens (tertiary/aromatic N) is 3. The highest BCUT2D eigenvalue weighted by Gasteiger charge is 2.35. The van der Waals surface area contributed by atoms with Gasteiger partial charge >= 0.3 is 5.97 Å². The van der Waals surface area contributed by atoms with E-state index >= 15 is 0 Å². The first kappa shape index (κ1) is 16.4. The molecule has 1 N–H and O–H groups in total. The van der Waals surface area contributed by atoms with Gasteiger partial charge in [0, 0.05) is 12.7 Å². The number of benzene rings is 1. The number of alkyl halides is 2. The highest BCUT2D eigenvalue weighted by Crippen LogP contribution is 2.35. The van der Waals surface area contributed by atoms with E-state index in [-0.39, 0.29) is 22.7 Å². The quantitative estimate of drug-likeness (QED) is 0.877. The van der Waals surface area contributed by atoms with Gasteiger partial charge in [0.15, 0.2) is 0 Å². The number of fused-ring (bicyclic) bond motifs is 1. The molecule has 0 atom stereocenters. The molecule has 0 spiro atoms. The molecule has 0 saturated carbocycles. The molecule has 7 nitrogen and oxygen atoms in total. The number of para-hydroxylation sites is 1. The largest absolute Gasteiger partial charge is 0.478 e. The second kappa shape index (κ2) is 5.86. The van der Waals surface area contributed by atoms with Gasteiger partial charge in [-0.15, -0.1) is 0 Å². The number of hydrogen-bond donors (Lipinski definition) is 1. The summed E-state index contributed by atoms with van der Waals surface area (Å²) in [5, 5.41) is 12.9. The number of carboxylic acids is 1. The zero-order chi connectivity index (χ0) is 17.5. The minimum atomic E-state index is -4.08. The molecule has 0 radical (unpaired) electrons. The molecule has 1 aliphatic rings. The smallest absolute Gasteiger partial charge is 0.337 e. The molecule has 10 heteroatoms. The standard InChI is InChI=1S/C14H13F2N3O4S/c15-12(16)8-18-7-10(6-17-18)24(22,23)19-5-4-9-2-1-3-11(13(9)19)14(20)21/h1-3,6-7,12H,4-5,8H2,(H,20,21). The molecular formula is C14H13F2N3O4S. The third kappa shape index (κ3) is 2.73. The van der Waals surface area contributed by atoms with Gasteiger partial charge in [0.1, 0.15) is 11.4 Å². The molecule has 2 aromatic rings. The molecule has 0 amide bonds. The minimum absolute atomic E-state index is 0.0853. The zero-order valence-electron chi connectivity index (χ0n) is 12.3. The summed E-state index contributed by atoms with van der Waals surface area (Å²) in [5.74, 6) is -1.23. The predicted molar refractivity (Wildman–Crippen MR) is 79.9 cm³/mol. The average Bonchev–Trinajstić information content (AvgIpc) is 3.12. The Kier molecular flexibility index (Phi) is 3.99. The SMILES string of the molecule is O=C(O)c1cccc2c1N(S(=O)(=O)c1cnn(CC(F)F)c1)CC2. The van der Waals surface area contributed by atoms with Gasteiger partial charge in [0.2, 0.25) is 0 Å². The lowest BCUT2D eigenvalue weighted by molar-refractivity contribution is 0.0697. The van der Waals surface area contributed by atoms with Gasteiger partial charge in [0.25, 0.3) is 16.4 Å². The van der Waals surface area contributed by atoms with Crippen molar-refractivity contribution >= 4 is 21.7 Å². The number of rotatable bonds is 5. The van der Waals surface area contributed by atoms with Crippen LogP contribution in [-0.2, 0) is 23.0 Å². The third-order valence-electron chi connectivity index (χ3n) is 3.71. The maximum atomic E-state index is 12.8. The number of carbonyl (C=O) groups is 1. The first-order chi connectivity index (χ1) is 11.3. The first-order valence-corrected chi connectivity index (χ1v) is 8.43. The fraction of sp³-hybridized carbons (Fsp3) is 0.286. The molecule has 128 valence electrons. The highest BCUT2D eigenvalue weighted by atomic mass is 32.2. The van der Waals surface area contributed by atoms with Crippen molar-refractivity contribution in [3.8, 4) is 0 Å². The number of aromatic carboxylic acids is 1. The summed E-state index contributed by atoms with van der Waals surface area (Å²) in [6.45, 7) is -0.630. The van der Waals surface area contributed by atoms with Crippen LogP contribution in [-0.4, -0.2) is 42.2 Å². The van der Waals surface area contributed by atoms with Crippen molar-refractivity contribution in [1.82, 2.24) is 9.78 Å². The van der Waals surface area contributed by atoms with Crippen molar-refractivity contribution in [2.24, 2.45) is 0 Å². The normalized spacial score (nSPS) is 14.2. The van der Waals surface area contributed by atoms with Crippen molar-refractivity contribution < 1.29 is 27.1 Å². The van der Waals surface area contributed by atoms with E-state index in [0.29, 0.717) is 12.0 Å². The molecule has 0 unspecified atom stereocenters. The molecule has 1 aliphatic heterocycles. The molecule has 0 fully saturated rings. The van der Waals surface area contributed by atoms with Gasteiger partial charge in [-0.2, -0.15) is 5.10 Å². The van der Waals surface area contributed by atoms with Crippen LogP contribution < -0.4 is 4.31 Å². The Morgan fingerprint density at radius 3 is 2.79 bits per heavy atom. The van der Waals surface area contributed by atoms with Gasteiger partial charge in [-0.3, -0.25) is 8.99 Å². The van der Waals surface area contributed by atoms with E-state index < -0.39 is 29.0 Å². The molecule has 0 bridgehead atoms. The summed E-state index contributed by atoms with van der Waals surface area (Å²) in [4.78, 5) is 11.1. The molecule has 1 aromatic heterocycles. The summed E-state index contributed by atoms with van der Waals surface area (Å²) in [7, 11) is -4.08. The third-order valence-corrected chi connectivity index (χ3v) is 5.46. The van der Waals surface area contributed by atoms with Crippen LogP contribution in [0, 0.1) is 0 Å². The van der Waals surface area contributed by atoms with Crippen LogP contribution in [0.3, 0.4) is 0 Å². The first-order valence-electron chi connectivity index (χ1n) is 6.99. The lowest BCUT2D eigenvalue weighted by atomic mass is 10.1. The van der Waals surface area contributed by atoms with Crippen LogP contribution in [0.5, 0.6) is 0 Å². The maximum Gasteiger partial charge on any atom is 0.337 e. The van der Waals surface area contributed by atoms with Gasteiger partial charge in [0.05, 0.1) is 17.4 Å². The van der Waals surface area contributed by atoms with E-state index in [0.717, 1.165) is 21.4 Å². The molecular weight excluding hydrogens is 344 g/mol. The number of aromatic nitrogens is 2. The Morgan fingerprint density at radius 1 is 1.38 bits per heavy atom. The molecule has 0 aliphatic carbocycles. The summed E-state index contributed by atoms with van der Waals surface area (Å²) >= 11 is 0. The number of carboxylic acid groups (broad SMARTS) is 1. The number of anilines is 1. The summed E-state index contributed by atoms with van der Waals surface area (Å²) in [6, 6.07) is 4.55. The summed E-state index contributed by atoms with van der Waals surface area (Å²) in [6.07, 6.45) is -0.283. The van der Waals surface area contributed by atoms with Crippen molar-refractivity contribution in [3.05, 3.63) is 41.7 Å². The van der Waals surface area contributed by atoms with Crippen LogP contribution in [0.4, 0.5) is 14.5 Å². The molecule has 24 heavy (non-hydrogen) atoms. The zero-order valence-corrected chi connectivity index (χ0v) is 13.1. The fourth-order valence-electron chi connectivity index (χ4n) is 2.68. The van der Waals surface area contributed by atoms with Gasteiger partial charge in [-0.05, 0) is 18.1 Å². The fourth-order valence-corrected chi connectivity index (χ4v) is 4.16. The lowest BCUT2D eigenvalue weighted by Crippen LogP contribution is -2.30.